The summed E-state index contributed by atoms with van der Waals surface area (Å²) in [6.45, 7) is 1.93. The predicted molar refractivity (Wildman–Crippen MR) is 103 cm³/mol. The fraction of sp³-hybridized carbons (Fsp3) is 0.381. The maximum Gasteiger partial charge on any atom is 0.255 e. The Labute approximate surface area is 153 Å². The maximum atomic E-state index is 12.7. The van der Waals surface area contributed by atoms with Gasteiger partial charge in [0.15, 0.2) is 0 Å². The van der Waals surface area contributed by atoms with Crippen molar-refractivity contribution < 1.29 is 4.79 Å². The number of carbonyl (C=O) groups is 1. The number of amides is 1. The molecule has 1 aliphatic heterocycles. The summed E-state index contributed by atoms with van der Waals surface area (Å²) in [6, 6.07) is 14.6. The molecule has 0 spiro atoms. The first-order chi connectivity index (χ1) is 12.8. The molecule has 0 radical (unpaired) electrons. The summed E-state index contributed by atoms with van der Waals surface area (Å²) in [6.07, 6.45) is 3.95. The number of anilines is 2. The molecule has 0 saturated heterocycles. The average molecular weight is 348 g/mol. The molecule has 5 heteroatoms. The number of fused-ring (bicyclic) bond motifs is 1. The first-order valence-electron chi connectivity index (χ1n) is 9.53. The van der Waals surface area contributed by atoms with E-state index in [0.29, 0.717) is 12.0 Å². The van der Waals surface area contributed by atoms with Gasteiger partial charge in [-0.15, -0.1) is 0 Å². The van der Waals surface area contributed by atoms with Gasteiger partial charge in [-0.3, -0.25) is 4.79 Å². The van der Waals surface area contributed by atoms with E-state index in [1.807, 2.05) is 30.3 Å². The van der Waals surface area contributed by atoms with Crippen LogP contribution in [-0.4, -0.2) is 18.5 Å². The van der Waals surface area contributed by atoms with Gasteiger partial charge < -0.3 is 16.1 Å². The minimum atomic E-state index is -0.0474. The highest BCUT2D eigenvalue weighted by molar-refractivity contribution is 6.04. The van der Waals surface area contributed by atoms with Crippen molar-refractivity contribution in [1.29, 1.82) is 0 Å². The third-order valence-corrected chi connectivity index (χ3v) is 5.60. The highest BCUT2D eigenvalue weighted by atomic mass is 16.1. The van der Waals surface area contributed by atoms with Gasteiger partial charge in [0.25, 0.3) is 5.91 Å². The standard InChI is InChI=1S/C21H24N4O/c26-21(24-17-6-7-19-16(9-17)12-23-25-19)15-3-1-2-14(8-15)18-10-20(18)22-11-13-4-5-13/h1-3,6-9,13,18,20,22-23,25H,4-5,10-12H2,(H,24,26). The Bertz CT molecular complexity index is 846. The minimum Gasteiger partial charge on any atom is -0.322 e. The molecule has 3 aliphatic rings. The molecular formula is C21H24N4O. The molecular weight excluding hydrogens is 324 g/mol. The number of nitrogens with one attached hydrogen (secondary N) is 4. The van der Waals surface area contributed by atoms with Gasteiger partial charge >= 0.3 is 0 Å². The third kappa shape index (κ3) is 3.32. The summed E-state index contributed by atoms with van der Waals surface area (Å²) >= 11 is 0. The normalized spacial score (nSPS) is 23.2. The number of carbonyl (C=O) groups excluding carboxylic acids is 1. The molecule has 1 amide bonds. The molecule has 2 atom stereocenters. The summed E-state index contributed by atoms with van der Waals surface area (Å²) in [5, 5.41) is 6.69. The van der Waals surface area contributed by atoms with Crippen molar-refractivity contribution in [3.63, 3.8) is 0 Å². The molecule has 2 aliphatic carbocycles. The van der Waals surface area contributed by atoms with E-state index in [1.165, 1.54) is 30.4 Å². The van der Waals surface area contributed by atoms with Crippen molar-refractivity contribution in [3.05, 3.63) is 59.2 Å². The third-order valence-electron chi connectivity index (χ3n) is 5.60. The maximum absolute atomic E-state index is 12.7. The Kier molecular flexibility index (Phi) is 3.91. The smallest absolute Gasteiger partial charge is 0.255 e. The fourth-order valence-electron chi connectivity index (χ4n) is 3.72. The number of hydrazine groups is 1. The van der Waals surface area contributed by atoms with Crippen molar-refractivity contribution in [3.8, 4) is 0 Å². The number of rotatable bonds is 6. The molecule has 26 heavy (non-hydrogen) atoms. The van der Waals surface area contributed by atoms with E-state index in [4.69, 9.17) is 0 Å². The largest absolute Gasteiger partial charge is 0.322 e. The van der Waals surface area contributed by atoms with Crippen LogP contribution in [0.3, 0.4) is 0 Å². The molecule has 2 fully saturated rings. The van der Waals surface area contributed by atoms with Crippen LogP contribution in [0.2, 0.25) is 0 Å². The van der Waals surface area contributed by atoms with Gasteiger partial charge in [0.2, 0.25) is 0 Å². The zero-order valence-electron chi connectivity index (χ0n) is 14.7. The second kappa shape index (κ2) is 6.41. The summed E-state index contributed by atoms with van der Waals surface area (Å²) in [7, 11) is 0. The van der Waals surface area contributed by atoms with Crippen LogP contribution in [0.4, 0.5) is 11.4 Å². The summed E-state index contributed by atoms with van der Waals surface area (Å²) in [5.74, 6) is 1.42. The van der Waals surface area contributed by atoms with Gasteiger partial charge in [-0.25, -0.2) is 5.43 Å². The molecule has 0 bridgehead atoms. The van der Waals surface area contributed by atoms with Crippen LogP contribution >= 0.6 is 0 Å². The zero-order valence-corrected chi connectivity index (χ0v) is 14.7. The lowest BCUT2D eigenvalue weighted by Crippen LogP contribution is -2.20. The second-order valence-electron chi connectivity index (χ2n) is 7.73. The minimum absolute atomic E-state index is 0.0474. The Hall–Kier alpha value is -2.37. The van der Waals surface area contributed by atoms with Crippen LogP contribution < -0.4 is 21.5 Å². The topological polar surface area (TPSA) is 65.2 Å². The van der Waals surface area contributed by atoms with E-state index < -0.39 is 0 Å². The van der Waals surface area contributed by atoms with Crippen molar-refractivity contribution in [2.45, 2.75) is 37.8 Å². The molecule has 0 aromatic heterocycles. The van der Waals surface area contributed by atoms with Gasteiger partial charge in [0, 0.05) is 29.8 Å². The van der Waals surface area contributed by atoms with E-state index in [1.54, 1.807) is 0 Å². The number of benzene rings is 2. The van der Waals surface area contributed by atoms with Crippen LogP contribution in [0.25, 0.3) is 0 Å². The molecule has 5 nitrogen and oxygen atoms in total. The molecule has 2 aromatic carbocycles. The van der Waals surface area contributed by atoms with E-state index in [-0.39, 0.29) is 5.91 Å². The lowest BCUT2D eigenvalue weighted by Gasteiger charge is -2.09. The quantitative estimate of drug-likeness (QED) is 0.647. The summed E-state index contributed by atoms with van der Waals surface area (Å²) in [5.41, 5.74) is 11.3. The van der Waals surface area contributed by atoms with Gasteiger partial charge in [0.1, 0.15) is 0 Å². The van der Waals surface area contributed by atoms with E-state index >= 15 is 0 Å². The number of hydrogen-bond donors (Lipinski definition) is 4. The molecule has 134 valence electrons. The Morgan fingerprint density at radius 2 is 2.08 bits per heavy atom. The van der Waals surface area contributed by atoms with E-state index in [0.717, 1.165) is 35.9 Å². The van der Waals surface area contributed by atoms with Gasteiger partial charge in [-0.1, -0.05) is 12.1 Å². The highest BCUT2D eigenvalue weighted by Crippen LogP contribution is 2.42. The van der Waals surface area contributed by atoms with Crippen LogP contribution in [0.5, 0.6) is 0 Å². The Balaban J connectivity index is 1.24. The van der Waals surface area contributed by atoms with Crippen molar-refractivity contribution >= 4 is 17.3 Å². The van der Waals surface area contributed by atoms with Gasteiger partial charge in [-0.2, -0.15) is 0 Å². The zero-order chi connectivity index (χ0) is 17.5. The fourth-order valence-corrected chi connectivity index (χ4v) is 3.72. The molecule has 2 unspecified atom stereocenters. The molecule has 2 saturated carbocycles. The van der Waals surface area contributed by atoms with Gasteiger partial charge in [-0.05, 0) is 73.2 Å². The summed E-state index contributed by atoms with van der Waals surface area (Å²) in [4.78, 5) is 12.7. The van der Waals surface area contributed by atoms with Gasteiger partial charge in [0.05, 0.1) is 5.69 Å². The average Bonchev–Trinajstić information content (AvgIpc) is 3.57. The lowest BCUT2D eigenvalue weighted by molar-refractivity contribution is 0.102. The van der Waals surface area contributed by atoms with Crippen LogP contribution in [0.1, 0.15) is 46.7 Å². The summed E-state index contributed by atoms with van der Waals surface area (Å²) < 4.78 is 0. The van der Waals surface area contributed by atoms with E-state index in [2.05, 4.69) is 33.6 Å². The number of hydrogen-bond acceptors (Lipinski definition) is 4. The van der Waals surface area contributed by atoms with Crippen molar-refractivity contribution in [1.82, 2.24) is 10.7 Å². The van der Waals surface area contributed by atoms with E-state index in [9.17, 15) is 4.79 Å². The second-order valence-corrected chi connectivity index (χ2v) is 7.73. The van der Waals surface area contributed by atoms with Crippen LogP contribution in [0.15, 0.2) is 42.5 Å². The first-order valence-corrected chi connectivity index (χ1v) is 9.53. The highest BCUT2D eigenvalue weighted by Gasteiger charge is 2.39. The molecule has 2 aromatic rings. The monoisotopic (exact) mass is 348 g/mol. The van der Waals surface area contributed by atoms with Crippen LogP contribution in [0, 0.1) is 5.92 Å². The Morgan fingerprint density at radius 3 is 2.96 bits per heavy atom. The van der Waals surface area contributed by atoms with Crippen molar-refractivity contribution in [2.75, 3.05) is 17.3 Å². The molecule has 1 heterocycles. The molecule has 4 N–H and O–H groups in total. The first kappa shape index (κ1) is 15.9. The predicted octanol–water partition coefficient (Wildman–Crippen LogP) is 3.22. The Morgan fingerprint density at radius 1 is 1.15 bits per heavy atom. The molecule has 5 rings (SSSR count). The van der Waals surface area contributed by atoms with Crippen LogP contribution in [-0.2, 0) is 6.54 Å². The van der Waals surface area contributed by atoms with Crippen molar-refractivity contribution in [2.24, 2.45) is 5.92 Å². The SMILES string of the molecule is O=C(Nc1ccc2c(c1)CNN2)c1cccc(C2CC2NCC2CC2)c1. The lowest BCUT2D eigenvalue weighted by atomic mass is 10.1.